The van der Waals surface area contributed by atoms with Crippen LogP contribution in [0, 0.1) is 5.82 Å². The van der Waals surface area contributed by atoms with E-state index in [-0.39, 0.29) is 5.82 Å². The lowest BCUT2D eigenvalue weighted by Gasteiger charge is -2.16. The molecule has 2 aromatic heterocycles. The molecule has 3 nitrogen and oxygen atoms in total. The van der Waals surface area contributed by atoms with Gasteiger partial charge in [-0.05, 0) is 66.4 Å². The highest BCUT2D eigenvalue weighted by molar-refractivity contribution is 5.59. The first-order valence-corrected chi connectivity index (χ1v) is 8.61. The fourth-order valence-electron chi connectivity index (χ4n) is 3.50. The van der Waals surface area contributed by atoms with Crippen molar-refractivity contribution in [3.63, 3.8) is 0 Å². The summed E-state index contributed by atoms with van der Waals surface area (Å²) in [5.74, 6) is 0.270. The van der Waals surface area contributed by atoms with Gasteiger partial charge in [0.2, 0.25) is 0 Å². The third kappa shape index (κ3) is 3.74. The van der Waals surface area contributed by atoms with Gasteiger partial charge in [-0.2, -0.15) is 0 Å². The minimum Gasteiger partial charge on any atom is -0.298 e. The summed E-state index contributed by atoms with van der Waals surface area (Å²) in [6.45, 7) is 3.08. The van der Waals surface area contributed by atoms with Gasteiger partial charge in [0.15, 0.2) is 0 Å². The number of hydrogen-bond donors (Lipinski definition) is 0. The Bertz CT molecular complexity index is 851. The number of benzene rings is 1. The molecule has 0 aliphatic carbocycles. The first kappa shape index (κ1) is 15.9. The van der Waals surface area contributed by atoms with Crippen LogP contribution in [0.3, 0.4) is 0 Å². The Balaban J connectivity index is 1.48. The van der Waals surface area contributed by atoms with Gasteiger partial charge in [-0.1, -0.05) is 12.1 Å². The van der Waals surface area contributed by atoms with E-state index in [9.17, 15) is 4.39 Å². The minimum atomic E-state index is -0.228. The Morgan fingerprint density at radius 1 is 1.04 bits per heavy atom. The molecular weight excluding hydrogens is 313 g/mol. The van der Waals surface area contributed by atoms with Gasteiger partial charge in [-0.3, -0.25) is 14.9 Å². The average Bonchev–Trinajstić information content (AvgIpc) is 3.11. The molecule has 3 aromatic rings. The van der Waals surface area contributed by atoms with Gasteiger partial charge >= 0.3 is 0 Å². The van der Waals surface area contributed by atoms with Crippen molar-refractivity contribution in [2.45, 2.75) is 18.9 Å². The first-order chi connectivity index (χ1) is 12.3. The smallest absolute Gasteiger partial charge is 0.123 e. The SMILES string of the molecule is Fc1cccc(-c2cc([C@H]3CCN(Cc4ccncc4)C3)ccn2)c1. The summed E-state index contributed by atoms with van der Waals surface area (Å²) in [5.41, 5.74) is 4.25. The predicted molar refractivity (Wildman–Crippen MR) is 96.5 cm³/mol. The molecule has 0 radical (unpaired) electrons. The van der Waals surface area contributed by atoms with Crippen LogP contribution in [-0.4, -0.2) is 28.0 Å². The molecule has 126 valence electrons. The van der Waals surface area contributed by atoms with Gasteiger partial charge in [0.1, 0.15) is 5.82 Å². The van der Waals surface area contributed by atoms with E-state index in [0.717, 1.165) is 37.3 Å². The zero-order valence-corrected chi connectivity index (χ0v) is 14.0. The Hall–Kier alpha value is -2.59. The fraction of sp³-hybridized carbons (Fsp3) is 0.238. The van der Waals surface area contributed by atoms with Crippen molar-refractivity contribution in [2.75, 3.05) is 13.1 Å². The number of aromatic nitrogens is 2. The zero-order valence-electron chi connectivity index (χ0n) is 14.0. The molecule has 3 heterocycles. The Labute approximate surface area is 147 Å². The van der Waals surface area contributed by atoms with Crippen LogP contribution in [0.25, 0.3) is 11.3 Å². The molecule has 25 heavy (non-hydrogen) atoms. The van der Waals surface area contributed by atoms with Crippen LogP contribution in [0.15, 0.2) is 67.1 Å². The monoisotopic (exact) mass is 333 g/mol. The van der Waals surface area contributed by atoms with Gasteiger partial charge in [-0.15, -0.1) is 0 Å². The van der Waals surface area contributed by atoms with Crippen LogP contribution in [0.1, 0.15) is 23.5 Å². The van der Waals surface area contributed by atoms with Crippen molar-refractivity contribution in [1.82, 2.24) is 14.9 Å². The van der Waals surface area contributed by atoms with Gasteiger partial charge in [-0.25, -0.2) is 4.39 Å². The van der Waals surface area contributed by atoms with Crippen LogP contribution < -0.4 is 0 Å². The molecule has 1 saturated heterocycles. The maximum atomic E-state index is 13.5. The quantitative estimate of drug-likeness (QED) is 0.714. The fourth-order valence-corrected chi connectivity index (χ4v) is 3.50. The van der Waals surface area contributed by atoms with Crippen LogP contribution in [-0.2, 0) is 6.54 Å². The Morgan fingerprint density at radius 2 is 1.92 bits per heavy atom. The van der Waals surface area contributed by atoms with E-state index in [1.165, 1.54) is 23.3 Å². The van der Waals surface area contributed by atoms with E-state index in [4.69, 9.17) is 0 Å². The molecule has 0 spiro atoms. The van der Waals surface area contributed by atoms with Gasteiger partial charge < -0.3 is 0 Å². The standard InChI is InChI=1S/C21H20FN3/c22-20-3-1-2-18(12-20)21-13-17(6-10-24-21)19-7-11-25(15-19)14-16-4-8-23-9-5-16/h1-6,8-10,12-13,19H,7,11,14-15H2/t19-/m0/s1. The second-order valence-corrected chi connectivity index (χ2v) is 6.56. The molecule has 0 bridgehead atoms. The molecule has 4 heteroatoms. The third-order valence-corrected chi connectivity index (χ3v) is 4.80. The van der Waals surface area contributed by atoms with E-state index in [0.29, 0.717) is 5.92 Å². The number of pyridine rings is 2. The lowest BCUT2D eigenvalue weighted by atomic mass is 9.97. The maximum Gasteiger partial charge on any atom is 0.123 e. The zero-order chi connectivity index (χ0) is 17.1. The molecule has 1 fully saturated rings. The maximum absolute atomic E-state index is 13.5. The van der Waals surface area contributed by atoms with E-state index < -0.39 is 0 Å². The van der Waals surface area contributed by atoms with Crippen LogP contribution in [0.4, 0.5) is 4.39 Å². The lowest BCUT2D eigenvalue weighted by molar-refractivity contribution is 0.327. The summed E-state index contributed by atoms with van der Waals surface area (Å²) in [6.07, 6.45) is 6.66. The van der Waals surface area contributed by atoms with E-state index >= 15 is 0 Å². The van der Waals surface area contributed by atoms with Crippen molar-refractivity contribution in [3.8, 4) is 11.3 Å². The molecule has 1 aromatic carbocycles. The number of halogens is 1. The highest BCUT2D eigenvalue weighted by atomic mass is 19.1. The summed E-state index contributed by atoms with van der Waals surface area (Å²) >= 11 is 0. The average molecular weight is 333 g/mol. The molecule has 1 aliphatic rings. The van der Waals surface area contributed by atoms with Crippen LogP contribution in [0.5, 0.6) is 0 Å². The Morgan fingerprint density at radius 3 is 2.76 bits per heavy atom. The largest absolute Gasteiger partial charge is 0.298 e. The second kappa shape index (κ2) is 7.11. The summed E-state index contributed by atoms with van der Waals surface area (Å²) in [7, 11) is 0. The molecule has 4 rings (SSSR count). The van der Waals surface area contributed by atoms with Crippen molar-refractivity contribution in [2.24, 2.45) is 0 Å². The molecule has 0 saturated carbocycles. The molecule has 0 N–H and O–H groups in total. The van der Waals surface area contributed by atoms with Crippen molar-refractivity contribution >= 4 is 0 Å². The van der Waals surface area contributed by atoms with Crippen molar-refractivity contribution < 1.29 is 4.39 Å². The predicted octanol–water partition coefficient (Wildman–Crippen LogP) is 4.27. The second-order valence-electron chi connectivity index (χ2n) is 6.56. The number of nitrogens with zero attached hydrogens (tertiary/aromatic N) is 3. The molecule has 0 amide bonds. The lowest BCUT2D eigenvalue weighted by Crippen LogP contribution is -2.19. The number of likely N-dealkylation sites (tertiary alicyclic amines) is 1. The van der Waals surface area contributed by atoms with Gasteiger partial charge in [0, 0.05) is 37.2 Å². The van der Waals surface area contributed by atoms with Gasteiger partial charge in [0.25, 0.3) is 0 Å². The van der Waals surface area contributed by atoms with E-state index in [1.807, 2.05) is 24.7 Å². The topological polar surface area (TPSA) is 29.0 Å². The van der Waals surface area contributed by atoms with Crippen molar-refractivity contribution in [3.05, 3.63) is 84.1 Å². The third-order valence-electron chi connectivity index (χ3n) is 4.80. The van der Waals surface area contributed by atoms with E-state index in [1.54, 1.807) is 6.07 Å². The van der Waals surface area contributed by atoms with Crippen LogP contribution >= 0.6 is 0 Å². The van der Waals surface area contributed by atoms with E-state index in [2.05, 4.69) is 39.1 Å². The summed E-state index contributed by atoms with van der Waals surface area (Å²) < 4.78 is 13.5. The number of rotatable bonds is 4. The summed E-state index contributed by atoms with van der Waals surface area (Å²) in [6, 6.07) is 15.0. The molecule has 0 unspecified atom stereocenters. The van der Waals surface area contributed by atoms with Crippen molar-refractivity contribution in [1.29, 1.82) is 0 Å². The number of hydrogen-bond acceptors (Lipinski definition) is 3. The van der Waals surface area contributed by atoms with Gasteiger partial charge in [0.05, 0.1) is 5.69 Å². The first-order valence-electron chi connectivity index (χ1n) is 8.61. The molecular formula is C21H20FN3. The molecule has 1 aliphatic heterocycles. The highest BCUT2D eigenvalue weighted by Crippen LogP contribution is 2.30. The normalized spacial score (nSPS) is 17.7. The minimum absolute atomic E-state index is 0.228. The Kier molecular flexibility index (Phi) is 4.53. The van der Waals surface area contributed by atoms with Crippen LogP contribution in [0.2, 0.25) is 0 Å². The highest BCUT2D eigenvalue weighted by Gasteiger charge is 2.24. The summed E-state index contributed by atoms with van der Waals surface area (Å²) in [5, 5.41) is 0. The molecule has 1 atom stereocenters. The summed E-state index contributed by atoms with van der Waals surface area (Å²) in [4.78, 5) is 11.0.